The number of carboxylic acid groups (broad SMARTS) is 1. The average Bonchev–Trinajstić information content (AvgIpc) is 2.48. The molecule has 0 aliphatic carbocycles. The predicted molar refractivity (Wildman–Crippen MR) is 80.8 cm³/mol. The summed E-state index contributed by atoms with van der Waals surface area (Å²) in [5, 5.41) is 11.6. The first-order valence-electron chi connectivity index (χ1n) is 7.46. The fourth-order valence-corrected chi connectivity index (χ4v) is 2.63. The van der Waals surface area contributed by atoms with Crippen LogP contribution in [0, 0.1) is 5.92 Å². The molecule has 0 aromatic carbocycles. The zero-order valence-corrected chi connectivity index (χ0v) is 12.4. The molecule has 1 atom stereocenters. The van der Waals surface area contributed by atoms with Gasteiger partial charge in [-0.3, -0.25) is 4.79 Å². The Kier molecular flexibility index (Phi) is 5.80. The molecular formula is C15H23N3O3. The van der Waals surface area contributed by atoms with Crippen LogP contribution in [0.15, 0.2) is 18.2 Å². The van der Waals surface area contributed by atoms with Gasteiger partial charge in [-0.1, -0.05) is 6.07 Å². The Morgan fingerprint density at radius 3 is 3.19 bits per heavy atom. The van der Waals surface area contributed by atoms with E-state index in [4.69, 9.17) is 9.84 Å². The molecule has 0 radical (unpaired) electrons. The molecule has 1 unspecified atom stereocenters. The number of nitrogens with one attached hydrogen (secondary N) is 1. The van der Waals surface area contributed by atoms with Crippen molar-refractivity contribution in [3.63, 3.8) is 0 Å². The SMILES string of the molecule is CCOc1cccc(N2CCCC(CNCC(=O)O)C2)n1. The monoisotopic (exact) mass is 293 g/mol. The molecule has 6 heteroatoms. The van der Waals surface area contributed by atoms with Crippen molar-refractivity contribution in [3.05, 3.63) is 18.2 Å². The number of anilines is 1. The third-order valence-electron chi connectivity index (χ3n) is 3.55. The molecule has 1 fully saturated rings. The minimum Gasteiger partial charge on any atom is -0.480 e. The summed E-state index contributed by atoms with van der Waals surface area (Å²) in [6.07, 6.45) is 2.22. The number of hydrogen-bond donors (Lipinski definition) is 2. The van der Waals surface area contributed by atoms with E-state index in [-0.39, 0.29) is 6.54 Å². The van der Waals surface area contributed by atoms with Gasteiger partial charge in [0.1, 0.15) is 5.82 Å². The van der Waals surface area contributed by atoms with Gasteiger partial charge in [0.2, 0.25) is 5.88 Å². The Morgan fingerprint density at radius 1 is 1.57 bits per heavy atom. The highest BCUT2D eigenvalue weighted by Gasteiger charge is 2.21. The van der Waals surface area contributed by atoms with Crippen molar-refractivity contribution in [1.29, 1.82) is 0 Å². The van der Waals surface area contributed by atoms with E-state index in [0.29, 0.717) is 18.4 Å². The van der Waals surface area contributed by atoms with Gasteiger partial charge >= 0.3 is 5.97 Å². The van der Waals surface area contributed by atoms with Gasteiger partial charge in [-0.25, -0.2) is 0 Å². The molecule has 2 N–H and O–H groups in total. The molecule has 1 aliphatic rings. The van der Waals surface area contributed by atoms with E-state index >= 15 is 0 Å². The number of aromatic nitrogens is 1. The quantitative estimate of drug-likeness (QED) is 0.791. The van der Waals surface area contributed by atoms with Gasteiger partial charge in [-0.05, 0) is 31.7 Å². The van der Waals surface area contributed by atoms with Crippen LogP contribution in [-0.2, 0) is 4.79 Å². The molecule has 2 heterocycles. The van der Waals surface area contributed by atoms with E-state index in [0.717, 1.165) is 38.3 Å². The van der Waals surface area contributed by atoms with Crippen molar-refractivity contribution >= 4 is 11.8 Å². The topological polar surface area (TPSA) is 74.7 Å². The summed E-state index contributed by atoms with van der Waals surface area (Å²) < 4.78 is 5.44. The van der Waals surface area contributed by atoms with Crippen molar-refractivity contribution in [2.24, 2.45) is 5.92 Å². The maximum atomic E-state index is 10.5. The maximum Gasteiger partial charge on any atom is 0.317 e. The van der Waals surface area contributed by atoms with E-state index in [9.17, 15) is 4.79 Å². The highest BCUT2D eigenvalue weighted by atomic mass is 16.5. The van der Waals surface area contributed by atoms with Crippen molar-refractivity contribution in [2.75, 3.05) is 37.7 Å². The van der Waals surface area contributed by atoms with Crippen molar-refractivity contribution in [3.8, 4) is 5.88 Å². The standard InChI is InChI=1S/C15H23N3O3/c1-2-21-14-7-3-6-13(17-14)18-8-4-5-12(11-18)9-16-10-15(19)20/h3,6-7,12,16H,2,4-5,8-11H2,1H3,(H,19,20). The Morgan fingerprint density at radius 2 is 2.43 bits per heavy atom. The number of rotatable bonds is 7. The highest BCUT2D eigenvalue weighted by molar-refractivity contribution is 5.68. The van der Waals surface area contributed by atoms with Crippen LogP contribution in [0.2, 0.25) is 0 Å². The molecule has 0 bridgehead atoms. The predicted octanol–water partition coefficient (Wildman–Crippen LogP) is 1.37. The molecule has 116 valence electrons. The first kappa shape index (κ1) is 15.6. The Bertz CT molecular complexity index is 467. The normalized spacial score (nSPS) is 18.5. The number of carboxylic acids is 1. The molecule has 0 spiro atoms. The Balaban J connectivity index is 1.90. The third kappa shape index (κ3) is 4.90. The van der Waals surface area contributed by atoms with Crippen LogP contribution in [0.25, 0.3) is 0 Å². The van der Waals surface area contributed by atoms with Crippen LogP contribution in [-0.4, -0.2) is 48.8 Å². The minimum absolute atomic E-state index is 0.0224. The second-order valence-electron chi connectivity index (χ2n) is 5.25. The van der Waals surface area contributed by atoms with Crippen LogP contribution < -0.4 is 15.0 Å². The highest BCUT2D eigenvalue weighted by Crippen LogP contribution is 2.23. The van der Waals surface area contributed by atoms with Crippen LogP contribution >= 0.6 is 0 Å². The second-order valence-corrected chi connectivity index (χ2v) is 5.25. The van der Waals surface area contributed by atoms with Gasteiger partial charge in [-0.15, -0.1) is 0 Å². The maximum absolute atomic E-state index is 10.5. The molecule has 21 heavy (non-hydrogen) atoms. The van der Waals surface area contributed by atoms with Crippen molar-refractivity contribution in [1.82, 2.24) is 10.3 Å². The number of carbonyl (C=O) groups is 1. The van der Waals surface area contributed by atoms with Gasteiger partial charge in [0.15, 0.2) is 0 Å². The van der Waals surface area contributed by atoms with Gasteiger partial charge in [0.25, 0.3) is 0 Å². The van der Waals surface area contributed by atoms with Crippen LogP contribution in [0.4, 0.5) is 5.82 Å². The number of nitrogens with zero attached hydrogens (tertiary/aromatic N) is 2. The van der Waals surface area contributed by atoms with E-state index in [1.54, 1.807) is 0 Å². The summed E-state index contributed by atoms with van der Waals surface area (Å²) in [5.74, 6) is 1.23. The number of aliphatic carboxylic acids is 1. The molecule has 1 aliphatic heterocycles. The van der Waals surface area contributed by atoms with E-state index < -0.39 is 5.97 Å². The van der Waals surface area contributed by atoms with Crippen LogP contribution in [0.5, 0.6) is 5.88 Å². The van der Waals surface area contributed by atoms with Crippen LogP contribution in [0.3, 0.4) is 0 Å². The molecule has 1 saturated heterocycles. The molecule has 2 rings (SSSR count). The third-order valence-corrected chi connectivity index (χ3v) is 3.55. The Hall–Kier alpha value is -1.82. The molecule has 0 amide bonds. The molecule has 0 saturated carbocycles. The molecular weight excluding hydrogens is 270 g/mol. The van der Waals surface area contributed by atoms with Gasteiger partial charge < -0.3 is 20.1 Å². The second kappa shape index (κ2) is 7.83. The number of piperidine rings is 1. The van der Waals surface area contributed by atoms with Crippen molar-refractivity contribution in [2.45, 2.75) is 19.8 Å². The minimum atomic E-state index is -0.811. The van der Waals surface area contributed by atoms with Gasteiger partial charge in [-0.2, -0.15) is 4.98 Å². The zero-order chi connectivity index (χ0) is 15.1. The molecule has 6 nitrogen and oxygen atoms in total. The summed E-state index contributed by atoms with van der Waals surface area (Å²) in [6.45, 7) is 5.19. The van der Waals surface area contributed by atoms with Gasteiger partial charge in [0.05, 0.1) is 13.2 Å². The van der Waals surface area contributed by atoms with Crippen LogP contribution in [0.1, 0.15) is 19.8 Å². The number of hydrogen-bond acceptors (Lipinski definition) is 5. The Labute approximate surface area is 125 Å². The zero-order valence-electron chi connectivity index (χ0n) is 12.4. The fraction of sp³-hybridized carbons (Fsp3) is 0.600. The van der Waals surface area contributed by atoms with E-state index in [1.165, 1.54) is 0 Å². The molecule has 1 aromatic rings. The molecule has 1 aromatic heterocycles. The summed E-state index contributed by atoms with van der Waals surface area (Å²) in [7, 11) is 0. The first-order valence-corrected chi connectivity index (χ1v) is 7.46. The lowest BCUT2D eigenvalue weighted by Gasteiger charge is -2.33. The lowest BCUT2D eigenvalue weighted by Crippen LogP contribution is -2.41. The first-order chi connectivity index (χ1) is 10.2. The largest absolute Gasteiger partial charge is 0.480 e. The number of pyridine rings is 1. The lowest BCUT2D eigenvalue weighted by molar-refractivity contribution is -0.136. The lowest BCUT2D eigenvalue weighted by atomic mass is 9.98. The van der Waals surface area contributed by atoms with Gasteiger partial charge in [0, 0.05) is 25.7 Å². The summed E-state index contributed by atoms with van der Waals surface area (Å²) in [5.41, 5.74) is 0. The van der Waals surface area contributed by atoms with Crippen molar-refractivity contribution < 1.29 is 14.6 Å². The average molecular weight is 293 g/mol. The van der Waals surface area contributed by atoms with E-state index in [2.05, 4.69) is 15.2 Å². The smallest absolute Gasteiger partial charge is 0.317 e. The van der Waals surface area contributed by atoms with E-state index in [1.807, 2.05) is 25.1 Å². The summed E-state index contributed by atoms with van der Waals surface area (Å²) in [6, 6.07) is 5.82. The number of ether oxygens (including phenoxy) is 1. The fourth-order valence-electron chi connectivity index (χ4n) is 2.63. The summed E-state index contributed by atoms with van der Waals surface area (Å²) >= 11 is 0. The summed E-state index contributed by atoms with van der Waals surface area (Å²) in [4.78, 5) is 17.3.